The lowest BCUT2D eigenvalue weighted by molar-refractivity contribution is -0.137. The first-order valence-corrected chi connectivity index (χ1v) is 24.1. The summed E-state index contributed by atoms with van der Waals surface area (Å²) in [7, 11) is 1.60. The number of halogens is 3. The van der Waals surface area contributed by atoms with Gasteiger partial charge in [-0.15, -0.1) is 0 Å². The Hall–Kier alpha value is -5.61. The highest BCUT2D eigenvalue weighted by Gasteiger charge is 2.61. The maximum atomic E-state index is 16.3. The number of carbonyl (C=O) groups excluding carboxylic acids is 4. The van der Waals surface area contributed by atoms with Gasteiger partial charge in [0, 0.05) is 89.5 Å². The Morgan fingerprint density at radius 1 is 1.00 bits per heavy atom. The number of ether oxygens (including phenoxy) is 1. The van der Waals surface area contributed by atoms with Gasteiger partial charge in [0.15, 0.2) is 0 Å². The number of nitrogens with zero attached hydrogens (tertiary/aromatic N) is 2. The average molecular weight is 946 g/mol. The largest absolute Gasteiger partial charge is 0.494 e. The fourth-order valence-corrected chi connectivity index (χ4v) is 12.2. The molecule has 4 aromatic carbocycles. The Morgan fingerprint density at radius 3 is 2.55 bits per heavy atom. The van der Waals surface area contributed by atoms with Crippen LogP contribution in [0, 0.1) is 40.8 Å². The number of anilines is 3. The van der Waals surface area contributed by atoms with Crippen molar-refractivity contribution in [1.29, 1.82) is 0 Å². The van der Waals surface area contributed by atoms with Crippen molar-refractivity contribution in [2.45, 2.75) is 95.3 Å². The molecule has 0 bridgehead atoms. The van der Waals surface area contributed by atoms with Crippen molar-refractivity contribution in [3.05, 3.63) is 116 Å². The fraction of sp³-hybridized carbons (Fsp3) is 0.434. The number of nitrogens with one attached hydrogen (secondary N) is 4. The van der Waals surface area contributed by atoms with Crippen molar-refractivity contribution in [3.8, 4) is 17.6 Å². The van der Waals surface area contributed by atoms with E-state index in [4.69, 9.17) is 27.9 Å². The Kier molecular flexibility index (Phi) is 11.8. The van der Waals surface area contributed by atoms with Gasteiger partial charge in [-0.25, -0.2) is 4.39 Å². The lowest BCUT2D eigenvalue weighted by Crippen LogP contribution is -2.52. The van der Waals surface area contributed by atoms with Gasteiger partial charge in [0.1, 0.15) is 17.6 Å². The molecule has 0 radical (unpaired) electrons. The second kappa shape index (κ2) is 17.5. The summed E-state index contributed by atoms with van der Waals surface area (Å²) in [5.74, 6) is 6.43. The summed E-state index contributed by atoms with van der Waals surface area (Å²) in [4.78, 5) is 56.3. The van der Waals surface area contributed by atoms with Crippen LogP contribution in [0.5, 0.6) is 5.75 Å². The van der Waals surface area contributed by atoms with Gasteiger partial charge in [0.2, 0.25) is 17.7 Å². The van der Waals surface area contributed by atoms with E-state index in [1.807, 2.05) is 48.5 Å². The Bertz CT molecular complexity index is 2760. The molecule has 1 aliphatic carbocycles. The van der Waals surface area contributed by atoms with Gasteiger partial charge in [-0.3, -0.25) is 24.5 Å². The van der Waals surface area contributed by atoms with Crippen LogP contribution in [0.2, 0.25) is 10.0 Å². The molecule has 7 atom stereocenters. The third-order valence-corrected chi connectivity index (χ3v) is 15.7. The number of imide groups is 1. The van der Waals surface area contributed by atoms with Crippen LogP contribution in [0.4, 0.5) is 21.5 Å². The standard InChI is InChI=1S/C53H55Cl2FN6O5/c1-52(2,3)26-44-53(28-57-41-24-32(54)13-15-38(41)53)46(35-9-6-10-39(55)47(35)56)48(59-44)50(65)58-40-16-14-33(25-43(40)67-4)61-21-19-30(20-22-61)36-23-31(36)12-11-29-7-5-8-34-37(29)27-62(51(34)66)42-17-18-45(63)60-49(42)64/h5-10,13-16,24-25,30-31,36,42,44,46,48,57,59H,17-23,26-28H2,1-4H3,(H,58,65)(H,60,63,64)/t31-,36+,42?,44-,46-,48+,53-/m0/s1. The fourth-order valence-electron chi connectivity index (χ4n) is 11.8. The maximum Gasteiger partial charge on any atom is 0.255 e. The Balaban J connectivity index is 0.817. The smallest absolute Gasteiger partial charge is 0.255 e. The number of hydrogen-bond acceptors (Lipinski definition) is 8. The van der Waals surface area contributed by atoms with E-state index >= 15 is 4.39 Å². The molecule has 67 heavy (non-hydrogen) atoms. The lowest BCUT2D eigenvalue weighted by Gasteiger charge is -2.39. The maximum absolute atomic E-state index is 16.3. The highest BCUT2D eigenvalue weighted by molar-refractivity contribution is 6.31. The van der Waals surface area contributed by atoms with E-state index in [0.717, 1.165) is 66.8 Å². The lowest BCUT2D eigenvalue weighted by atomic mass is 9.63. The van der Waals surface area contributed by atoms with E-state index in [2.05, 4.69) is 58.8 Å². The molecule has 4 amide bonds. The molecule has 1 saturated carbocycles. The molecule has 5 aliphatic heterocycles. The van der Waals surface area contributed by atoms with Crippen molar-refractivity contribution in [2.24, 2.45) is 23.2 Å². The molecule has 10 rings (SSSR count). The van der Waals surface area contributed by atoms with Crippen molar-refractivity contribution in [2.75, 3.05) is 42.3 Å². The van der Waals surface area contributed by atoms with Crippen LogP contribution in [0.15, 0.2) is 72.8 Å². The van der Waals surface area contributed by atoms with Crippen LogP contribution in [-0.2, 0) is 26.3 Å². The zero-order valence-electron chi connectivity index (χ0n) is 38.1. The zero-order chi connectivity index (χ0) is 46.9. The topological polar surface area (TPSA) is 132 Å². The van der Waals surface area contributed by atoms with Gasteiger partial charge in [-0.2, -0.15) is 0 Å². The Morgan fingerprint density at radius 2 is 1.79 bits per heavy atom. The number of benzene rings is 4. The Labute approximate surface area is 400 Å². The minimum Gasteiger partial charge on any atom is -0.494 e. The highest BCUT2D eigenvalue weighted by Crippen LogP contribution is 2.57. The van der Waals surface area contributed by atoms with Gasteiger partial charge < -0.3 is 30.5 Å². The van der Waals surface area contributed by atoms with Crippen molar-refractivity contribution in [3.63, 3.8) is 0 Å². The van der Waals surface area contributed by atoms with E-state index in [1.165, 1.54) is 6.07 Å². The van der Waals surface area contributed by atoms with E-state index in [-0.39, 0.29) is 40.6 Å². The van der Waals surface area contributed by atoms with Crippen LogP contribution >= 0.6 is 23.2 Å². The molecule has 11 nitrogen and oxygen atoms in total. The predicted octanol–water partition coefficient (Wildman–Crippen LogP) is 8.67. The molecule has 348 valence electrons. The number of carbonyl (C=O) groups is 4. The molecule has 14 heteroatoms. The molecular formula is C53H55Cl2FN6O5. The zero-order valence-corrected chi connectivity index (χ0v) is 39.6. The van der Waals surface area contributed by atoms with Gasteiger partial charge in [-0.1, -0.05) is 80.1 Å². The summed E-state index contributed by atoms with van der Waals surface area (Å²) in [5.41, 5.74) is 5.20. The normalized spacial score (nSPS) is 26.7. The van der Waals surface area contributed by atoms with Gasteiger partial charge in [0.25, 0.3) is 5.91 Å². The number of fused-ring (bicyclic) bond motifs is 3. The first kappa shape index (κ1) is 45.2. The number of methoxy groups -OCH3 is 1. The number of amides is 4. The molecule has 4 N–H and O–H groups in total. The molecule has 1 spiro atoms. The van der Waals surface area contributed by atoms with E-state index < -0.39 is 35.1 Å². The predicted molar refractivity (Wildman–Crippen MR) is 258 cm³/mol. The van der Waals surface area contributed by atoms with Gasteiger partial charge in [-0.05, 0) is 109 Å². The van der Waals surface area contributed by atoms with Crippen LogP contribution in [0.1, 0.15) is 97.8 Å². The molecule has 0 aromatic heterocycles. The van der Waals surface area contributed by atoms with Gasteiger partial charge in [0.05, 0.1) is 23.9 Å². The molecular weight excluding hydrogens is 891 g/mol. The number of piperidine rings is 2. The SMILES string of the molecule is COc1cc(N2CCC([C@H]3C[C@@H]3C#Cc3cccc4c3CN(C3CCC(=O)NC3=O)C4=O)CC2)ccc1NC(=O)[C@@H]1N[C@@H](CC(C)(C)C)[C@@]2(CNc3cc(Cl)ccc32)[C@H]1c1cccc(Cl)c1F. The van der Waals surface area contributed by atoms with Crippen LogP contribution in [-0.4, -0.2) is 73.4 Å². The van der Waals surface area contributed by atoms with E-state index in [9.17, 15) is 19.2 Å². The quantitative estimate of drug-likeness (QED) is 0.102. The van der Waals surface area contributed by atoms with Crippen molar-refractivity contribution in [1.82, 2.24) is 15.5 Å². The summed E-state index contributed by atoms with van der Waals surface area (Å²) < 4.78 is 22.2. The highest BCUT2D eigenvalue weighted by atomic mass is 35.5. The van der Waals surface area contributed by atoms with E-state index in [0.29, 0.717) is 64.9 Å². The summed E-state index contributed by atoms with van der Waals surface area (Å²) in [6.07, 6.45) is 4.35. The summed E-state index contributed by atoms with van der Waals surface area (Å²) >= 11 is 12.9. The molecule has 5 heterocycles. The van der Waals surface area contributed by atoms with E-state index in [1.54, 1.807) is 30.2 Å². The summed E-state index contributed by atoms with van der Waals surface area (Å²) in [6.45, 7) is 9.06. The molecule has 4 aromatic rings. The second-order valence-electron chi connectivity index (χ2n) is 20.4. The van der Waals surface area contributed by atoms with Crippen molar-refractivity contribution >= 4 is 63.9 Å². The van der Waals surface area contributed by atoms with Crippen LogP contribution in [0.25, 0.3) is 0 Å². The first-order valence-electron chi connectivity index (χ1n) is 23.4. The summed E-state index contributed by atoms with van der Waals surface area (Å²) in [5, 5.41) is 13.5. The number of rotatable bonds is 8. The van der Waals surface area contributed by atoms with Gasteiger partial charge >= 0.3 is 0 Å². The van der Waals surface area contributed by atoms with Crippen LogP contribution in [0.3, 0.4) is 0 Å². The monoisotopic (exact) mass is 944 g/mol. The molecule has 4 fully saturated rings. The third kappa shape index (κ3) is 8.31. The third-order valence-electron chi connectivity index (χ3n) is 15.1. The van der Waals surface area contributed by atoms with Crippen LogP contribution < -0.4 is 30.9 Å². The average Bonchev–Trinajstić information content (AvgIpc) is 3.73. The number of hydrogen-bond donors (Lipinski definition) is 4. The second-order valence-corrected chi connectivity index (χ2v) is 21.2. The first-order chi connectivity index (χ1) is 32.1. The molecule has 1 unspecified atom stereocenters. The minimum atomic E-state index is -0.823. The van der Waals surface area contributed by atoms with Crippen molar-refractivity contribution < 1.29 is 28.3 Å². The summed E-state index contributed by atoms with van der Waals surface area (Å²) in [6, 6.07) is 20.6. The molecule has 3 saturated heterocycles. The minimum absolute atomic E-state index is 0.00794. The molecule has 6 aliphatic rings.